The third-order valence-electron chi connectivity index (χ3n) is 7.25. The minimum atomic E-state index is 0.167. The van der Waals surface area contributed by atoms with Gasteiger partial charge < -0.3 is 0 Å². The van der Waals surface area contributed by atoms with Gasteiger partial charge in [-0.3, -0.25) is 6.08 Å². The van der Waals surface area contributed by atoms with Crippen LogP contribution >= 0.6 is 11.6 Å². The summed E-state index contributed by atoms with van der Waals surface area (Å²) in [7, 11) is 0. The number of rotatable bonds is 2. The van der Waals surface area contributed by atoms with Gasteiger partial charge in [-0.05, 0) is 28.4 Å². The molecule has 0 bridgehead atoms. The minimum absolute atomic E-state index is 0.167. The van der Waals surface area contributed by atoms with Crippen molar-refractivity contribution in [2.45, 2.75) is 65.2 Å². The number of hydrogen-bond donors (Lipinski definition) is 0. The maximum absolute atomic E-state index is 5.86. The number of allylic oxidation sites excluding steroid dienone is 4. The van der Waals surface area contributed by atoms with Gasteiger partial charge >= 0.3 is 110 Å². The van der Waals surface area contributed by atoms with Gasteiger partial charge in [0.25, 0.3) is 0 Å². The molecule has 0 nitrogen and oxygen atoms in total. The van der Waals surface area contributed by atoms with Gasteiger partial charge in [-0.1, -0.05) is 65.3 Å². The normalized spacial score (nSPS) is 13.0. The predicted octanol–water partition coefficient (Wildman–Crippen LogP) is 10.4. The molecule has 0 heterocycles. The van der Waals surface area contributed by atoms with Crippen molar-refractivity contribution in [2.75, 3.05) is 0 Å². The van der Waals surface area contributed by atoms with E-state index in [2.05, 4.69) is 126 Å². The molecular weight excluding hydrogens is 595 g/mol. The summed E-state index contributed by atoms with van der Waals surface area (Å²) in [6, 6.07) is 33.6. The molecule has 0 unspecified atom stereocenters. The third kappa shape index (κ3) is 8.47. The van der Waals surface area contributed by atoms with Crippen LogP contribution in [0.2, 0.25) is 5.02 Å². The first-order valence-corrected chi connectivity index (χ1v) is 15.9. The first-order chi connectivity index (χ1) is 19.4. The minimum Gasteiger partial charge on any atom is -0.273 e. The summed E-state index contributed by atoms with van der Waals surface area (Å²) < 4.78 is 1.36. The number of hydrogen-bond acceptors (Lipinski definition) is 0. The molecule has 0 saturated heterocycles. The smallest absolute Gasteiger partial charge is 0.109 e. The zero-order valence-electron chi connectivity index (χ0n) is 25.1. The van der Waals surface area contributed by atoms with Crippen molar-refractivity contribution >= 4 is 14.8 Å². The fourth-order valence-electron chi connectivity index (χ4n) is 4.76. The Morgan fingerprint density at radius 2 is 1.41 bits per heavy atom. The number of halogens is 1. The zero-order valence-corrected chi connectivity index (χ0v) is 28.3. The predicted molar refractivity (Wildman–Crippen MR) is 174 cm³/mol. The van der Waals surface area contributed by atoms with E-state index in [4.69, 9.17) is 11.6 Å². The average Bonchev–Trinajstić information content (AvgIpc) is 3.64. The van der Waals surface area contributed by atoms with Gasteiger partial charge in [0.05, 0.1) is 0 Å². The first kappa shape index (κ1) is 31.3. The topological polar surface area (TPSA) is 0 Å². The molecule has 0 aromatic heterocycles. The van der Waals surface area contributed by atoms with E-state index in [0.29, 0.717) is 0 Å². The standard InChI is InChI=1S/C21H25.C13H9Cl.C5H5.Zr/c1-20(2,3)16-7-9-18-14(12-16)11-15-13-17(21(4,5)6)8-10-19(15)18;14-13-8-6-12(7-9-13)10-11-4-2-1-3-5-11;1-2-4-5-3-1;/h7-10,12H,11H2,1-6H3;1-9H;1-3H,4H2;/q-1;;-1;+2. The SMILES string of the molecule is CC(C)(C)c1[c-]c2c(cc1)-c1ccc(C(C)(C)C)cc1C2.Clc1ccc([C](=[Zr+2])c2ccccc2)cc1.[C-]1=CC=CC1. The van der Waals surface area contributed by atoms with Gasteiger partial charge in [-0.15, -0.1) is 17.5 Å². The summed E-state index contributed by atoms with van der Waals surface area (Å²) in [5.41, 5.74) is 11.2. The van der Waals surface area contributed by atoms with Crippen molar-refractivity contribution < 1.29 is 24.2 Å². The van der Waals surface area contributed by atoms with Crippen LogP contribution in [0.5, 0.6) is 0 Å². The van der Waals surface area contributed by atoms with Crippen LogP contribution in [0.4, 0.5) is 0 Å². The van der Waals surface area contributed by atoms with Crippen molar-refractivity contribution in [2.24, 2.45) is 0 Å². The van der Waals surface area contributed by atoms with Crippen LogP contribution in [0.1, 0.15) is 81.3 Å². The molecule has 206 valence electrons. The molecule has 0 aliphatic heterocycles. The van der Waals surface area contributed by atoms with Crippen LogP contribution in [-0.4, -0.2) is 3.21 Å². The van der Waals surface area contributed by atoms with E-state index in [1.165, 1.54) is 71.9 Å². The Morgan fingerprint density at radius 3 is 1.98 bits per heavy atom. The molecule has 0 saturated carbocycles. The van der Waals surface area contributed by atoms with Crippen LogP contribution in [0.15, 0.2) is 103 Å². The molecule has 0 radical (unpaired) electrons. The Kier molecular flexibility index (Phi) is 10.4. The van der Waals surface area contributed by atoms with Crippen LogP contribution in [0, 0.1) is 12.1 Å². The van der Waals surface area contributed by atoms with Crippen LogP contribution < -0.4 is 0 Å². The molecule has 6 rings (SSSR count). The summed E-state index contributed by atoms with van der Waals surface area (Å²) >= 11 is 7.28. The van der Waals surface area contributed by atoms with E-state index >= 15 is 0 Å². The van der Waals surface area contributed by atoms with E-state index in [1.807, 2.05) is 30.4 Å². The van der Waals surface area contributed by atoms with Crippen molar-refractivity contribution in [3.05, 3.63) is 154 Å². The van der Waals surface area contributed by atoms with Crippen molar-refractivity contribution in [3.8, 4) is 11.1 Å². The fraction of sp³-hybridized carbons (Fsp3) is 0.256. The fourth-order valence-corrected chi connectivity index (χ4v) is 5.70. The van der Waals surface area contributed by atoms with Crippen LogP contribution in [0.3, 0.4) is 0 Å². The second kappa shape index (κ2) is 13.6. The molecule has 4 aromatic rings. The number of fused-ring (bicyclic) bond motifs is 3. The molecule has 41 heavy (non-hydrogen) atoms. The van der Waals surface area contributed by atoms with E-state index < -0.39 is 0 Å². The third-order valence-corrected chi connectivity index (χ3v) is 8.92. The summed E-state index contributed by atoms with van der Waals surface area (Å²) in [6.45, 7) is 13.6. The molecule has 2 heteroatoms. The maximum atomic E-state index is 5.86. The second-order valence-electron chi connectivity index (χ2n) is 12.6. The molecule has 2 aliphatic rings. The Labute approximate surface area is 267 Å². The van der Waals surface area contributed by atoms with Crippen molar-refractivity contribution in [1.29, 1.82) is 0 Å². The van der Waals surface area contributed by atoms with Gasteiger partial charge in [0.1, 0.15) is 0 Å². The van der Waals surface area contributed by atoms with Crippen LogP contribution in [0.25, 0.3) is 11.1 Å². The van der Waals surface area contributed by atoms with Crippen molar-refractivity contribution in [3.63, 3.8) is 0 Å². The van der Waals surface area contributed by atoms with Gasteiger partial charge in [-0.25, -0.2) is 12.2 Å². The van der Waals surface area contributed by atoms with E-state index in [9.17, 15) is 0 Å². The Morgan fingerprint density at radius 1 is 0.756 bits per heavy atom. The molecule has 0 spiro atoms. The molecule has 0 amide bonds. The Bertz CT molecular complexity index is 1470. The molecule has 2 aliphatic carbocycles. The molecule has 0 N–H and O–H groups in total. The van der Waals surface area contributed by atoms with E-state index in [-0.39, 0.29) is 10.8 Å². The zero-order chi connectivity index (χ0) is 29.6. The van der Waals surface area contributed by atoms with Gasteiger partial charge in [-0.2, -0.15) is 29.8 Å². The summed E-state index contributed by atoms with van der Waals surface area (Å²) in [5, 5.41) is 0.787. The molecule has 0 atom stereocenters. The maximum Gasteiger partial charge on any atom is -0.109 e. The van der Waals surface area contributed by atoms with Crippen LogP contribution in [-0.2, 0) is 41.5 Å². The van der Waals surface area contributed by atoms with Crippen molar-refractivity contribution in [1.82, 2.24) is 0 Å². The summed E-state index contributed by atoms with van der Waals surface area (Å²) in [4.78, 5) is 0. The molecule has 0 fully saturated rings. The summed E-state index contributed by atoms with van der Waals surface area (Å²) in [6.07, 6.45) is 11.0. The van der Waals surface area contributed by atoms with Gasteiger partial charge in [0, 0.05) is 0 Å². The number of benzene rings is 4. The van der Waals surface area contributed by atoms with E-state index in [0.717, 1.165) is 17.9 Å². The van der Waals surface area contributed by atoms with Gasteiger partial charge in [0.2, 0.25) is 0 Å². The Hall–Kier alpha value is -2.60. The largest absolute Gasteiger partial charge is 0.273 e. The first-order valence-electron chi connectivity index (χ1n) is 14.2. The Balaban J connectivity index is 0.000000168. The van der Waals surface area contributed by atoms with E-state index in [1.54, 1.807) is 0 Å². The second-order valence-corrected chi connectivity index (χ2v) is 14.2. The summed E-state index contributed by atoms with van der Waals surface area (Å²) in [5.74, 6) is 0. The monoisotopic (exact) mass is 632 g/mol. The average molecular weight is 634 g/mol. The van der Waals surface area contributed by atoms with Gasteiger partial charge in [0.15, 0.2) is 0 Å². The molecule has 4 aromatic carbocycles. The quantitative estimate of drug-likeness (QED) is 0.170. The molecular formula is C39H39ClZr.